The van der Waals surface area contributed by atoms with Crippen molar-refractivity contribution in [3.05, 3.63) is 36.4 Å². The number of alkyl halides is 2. The van der Waals surface area contributed by atoms with Gasteiger partial charge in [-0.3, -0.25) is 4.98 Å². The Kier molecular flexibility index (Phi) is 7.35. The van der Waals surface area contributed by atoms with Crippen molar-refractivity contribution in [3.8, 4) is 0 Å². The molecule has 2 aliphatic rings. The Morgan fingerprint density at radius 3 is 2.65 bits per heavy atom. The maximum Gasteiger partial charge on any atom is 0.290 e. The average molecular weight is 530 g/mol. The molecule has 0 aliphatic carbocycles. The number of halogens is 2. The molecule has 5 heterocycles. The van der Waals surface area contributed by atoms with E-state index in [2.05, 4.69) is 45.3 Å². The second kappa shape index (κ2) is 10.5. The molecule has 0 aromatic carbocycles. The molecule has 8 nitrogen and oxygen atoms in total. The van der Waals surface area contributed by atoms with Crippen molar-refractivity contribution in [2.24, 2.45) is 5.92 Å². The van der Waals surface area contributed by atoms with E-state index in [9.17, 15) is 8.78 Å². The number of piperidine rings is 1. The molecule has 0 bridgehead atoms. The summed E-state index contributed by atoms with van der Waals surface area (Å²) in [6.45, 7) is 6.24. The first-order valence-electron chi connectivity index (χ1n) is 12.6. The van der Waals surface area contributed by atoms with Crippen LogP contribution in [-0.2, 0) is 4.74 Å². The Balaban J connectivity index is 1.39. The predicted octanol–water partition coefficient (Wildman–Crippen LogP) is 4.95. The summed E-state index contributed by atoms with van der Waals surface area (Å²) in [5.74, 6) is 0.511. The van der Waals surface area contributed by atoms with Gasteiger partial charge in [-0.15, -0.1) is 0 Å². The Morgan fingerprint density at radius 1 is 1.14 bits per heavy atom. The van der Waals surface area contributed by atoms with E-state index in [0.29, 0.717) is 24.1 Å². The largest absolute Gasteiger partial charge is 0.375 e. The number of hydrogen-bond acceptors (Lipinski definition) is 9. The fourth-order valence-electron chi connectivity index (χ4n) is 5.11. The van der Waals surface area contributed by atoms with Crippen molar-refractivity contribution in [2.75, 3.05) is 60.4 Å². The summed E-state index contributed by atoms with van der Waals surface area (Å²) < 4.78 is 33.8. The van der Waals surface area contributed by atoms with Crippen LogP contribution in [0.15, 0.2) is 30.7 Å². The van der Waals surface area contributed by atoms with E-state index in [1.807, 2.05) is 30.2 Å². The first-order valence-corrected chi connectivity index (χ1v) is 14.0. The molecule has 0 spiro atoms. The number of rotatable bonds is 8. The van der Waals surface area contributed by atoms with Gasteiger partial charge in [-0.05, 0) is 36.5 Å². The first kappa shape index (κ1) is 25.8. The zero-order chi connectivity index (χ0) is 26.2. The number of pyridine rings is 2. The number of nitrogens with one attached hydrogen (secondary N) is 1. The lowest BCUT2D eigenvalue weighted by Crippen LogP contribution is -2.52. The van der Waals surface area contributed by atoms with Gasteiger partial charge in [0.05, 0.1) is 24.1 Å². The molecule has 198 valence electrons. The summed E-state index contributed by atoms with van der Waals surface area (Å²) in [5, 5.41) is 5.37. The second-order valence-corrected chi connectivity index (χ2v) is 11.0. The van der Waals surface area contributed by atoms with E-state index >= 15 is 0 Å². The lowest BCUT2D eigenvalue weighted by molar-refractivity contribution is -0.129. The molecule has 3 aromatic heterocycles. The van der Waals surface area contributed by atoms with Crippen LogP contribution in [0.4, 0.5) is 32.1 Å². The normalized spacial score (nSPS) is 19.9. The van der Waals surface area contributed by atoms with Gasteiger partial charge < -0.3 is 19.9 Å². The van der Waals surface area contributed by atoms with Crippen LogP contribution in [0.3, 0.4) is 0 Å². The van der Waals surface area contributed by atoms with E-state index in [1.54, 1.807) is 12.3 Å². The fourth-order valence-corrected chi connectivity index (χ4v) is 5.79. The summed E-state index contributed by atoms with van der Waals surface area (Å²) in [6, 6.07) is 3.71. The maximum atomic E-state index is 14.4. The van der Waals surface area contributed by atoms with Crippen molar-refractivity contribution in [3.63, 3.8) is 0 Å². The first-order chi connectivity index (χ1) is 17.8. The minimum atomic E-state index is -2.97. The molecule has 11 heteroatoms. The molecule has 0 unspecified atom stereocenters. The summed E-state index contributed by atoms with van der Waals surface area (Å²) in [6.07, 6.45) is 6.70. The van der Waals surface area contributed by atoms with Crippen LogP contribution in [0, 0.1) is 5.92 Å². The molecule has 0 radical (unpaired) electrons. The third kappa shape index (κ3) is 5.29. The average Bonchev–Trinajstić information content (AvgIpc) is 2.85. The van der Waals surface area contributed by atoms with Crippen LogP contribution in [0.25, 0.3) is 10.8 Å². The van der Waals surface area contributed by atoms with E-state index in [0.717, 1.165) is 35.2 Å². The minimum Gasteiger partial charge on any atom is -0.375 e. The summed E-state index contributed by atoms with van der Waals surface area (Å²) in [4.78, 5) is 22.1. The Labute approximate surface area is 220 Å². The minimum absolute atomic E-state index is 0.207. The van der Waals surface area contributed by atoms with Crippen molar-refractivity contribution in [2.45, 2.75) is 38.2 Å². The quantitative estimate of drug-likeness (QED) is 0.436. The molecule has 1 N–H and O–H groups in total. The zero-order valence-corrected chi connectivity index (χ0v) is 22.4. The highest BCUT2D eigenvalue weighted by molar-refractivity contribution is 7.98. The number of thioether (sulfide) groups is 1. The van der Waals surface area contributed by atoms with Gasteiger partial charge in [0.15, 0.2) is 0 Å². The van der Waals surface area contributed by atoms with Crippen molar-refractivity contribution in [1.82, 2.24) is 19.9 Å². The Bertz CT molecular complexity index is 1250. The third-order valence-electron chi connectivity index (χ3n) is 7.03. The van der Waals surface area contributed by atoms with Crippen molar-refractivity contribution < 1.29 is 13.5 Å². The van der Waals surface area contributed by atoms with E-state index in [1.165, 1.54) is 17.8 Å². The molecule has 0 amide bonds. The van der Waals surface area contributed by atoms with Crippen LogP contribution in [0.1, 0.15) is 31.9 Å². The second-order valence-electron chi connectivity index (χ2n) is 10.1. The lowest BCUT2D eigenvalue weighted by atomic mass is 9.98. The Hall–Kier alpha value is -2.79. The number of fused-ring (bicyclic) bond motifs is 1. The number of hydrogen-bond donors (Lipinski definition) is 1. The number of methoxy groups -OCH3 is 1. The lowest BCUT2D eigenvalue weighted by Gasteiger charge is -2.41. The molecule has 3 aromatic rings. The molecule has 37 heavy (non-hydrogen) atoms. The van der Waals surface area contributed by atoms with Gasteiger partial charge in [-0.2, -0.15) is 16.7 Å². The van der Waals surface area contributed by atoms with Crippen LogP contribution in [-0.4, -0.2) is 77.3 Å². The van der Waals surface area contributed by atoms with E-state index < -0.39 is 18.6 Å². The molecule has 0 saturated carbocycles. The van der Waals surface area contributed by atoms with E-state index in [-0.39, 0.29) is 18.3 Å². The van der Waals surface area contributed by atoms with Gasteiger partial charge in [0.25, 0.3) is 5.92 Å². The molecule has 5 rings (SSSR count). The van der Waals surface area contributed by atoms with Crippen LogP contribution < -0.4 is 15.1 Å². The highest BCUT2D eigenvalue weighted by Gasteiger charge is 2.45. The summed E-state index contributed by atoms with van der Waals surface area (Å²) >= 11 is 1.89. The molecule has 2 fully saturated rings. The van der Waals surface area contributed by atoms with Gasteiger partial charge in [0.2, 0.25) is 5.95 Å². The van der Waals surface area contributed by atoms with Gasteiger partial charge >= 0.3 is 0 Å². The summed E-state index contributed by atoms with van der Waals surface area (Å²) in [7, 11) is 1.32. The topological polar surface area (TPSA) is 79.3 Å². The molecule has 2 aliphatic heterocycles. The fraction of sp³-hybridized carbons (Fsp3) is 0.538. The smallest absolute Gasteiger partial charge is 0.290 e. The van der Waals surface area contributed by atoms with Gasteiger partial charge in [0.1, 0.15) is 17.7 Å². The van der Waals surface area contributed by atoms with Crippen molar-refractivity contribution >= 4 is 45.8 Å². The van der Waals surface area contributed by atoms with Crippen LogP contribution >= 0.6 is 11.8 Å². The van der Waals surface area contributed by atoms with Gasteiger partial charge in [-0.25, -0.2) is 18.7 Å². The highest BCUT2D eigenvalue weighted by atomic mass is 32.2. The van der Waals surface area contributed by atoms with Gasteiger partial charge in [0, 0.05) is 55.8 Å². The van der Waals surface area contributed by atoms with Crippen LogP contribution in [0.2, 0.25) is 0 Å². The number of anilines is 4. The van der Waals surface area contributed by atoms with Crippen molar-refractivity contribution in [1.29, 1.82) is 0 Å². The summed E-state index contributed by atoms with van der Waals surface area (Å²) in [5.41, 5.74) is 2.12. The third-order valence-corrected chi connectivity index (χ3v) is 7.83. The SMILES string of the molecule is CO[C@@H]1CCN(c2nccc(Nc3cc4c(C(C)C)ncc(N5CC(CSC)C5)c4cn3)n2)CC1(F)F. The molecule has 1 atom stereocenters. The molecular weight excluding hydrogens is 496 g/mol. The van der Waals surface area contributed by atoms with E-state index in [4.69, 9.17) is 9.72 Å². The molecular formula is C26H33F2N7OS. The molecule has 2 saturated heterocycles. The maximum absolute atomic E-state index is 14.4. The number of nitrogens with zero attached hydrogens (tertiary/aromatic N) is 6. The monoisotopic (exact) mass is 529 g/mol. The van der Waals surface area contributed by atoms with Crippen LogP contribution in [0.5, 0.6) is 0 Å². The standard InChI is InChI=1S/C26H33F2N7OS/c1-16(2)24-18-9-23(30-10-19(18)20(11-31-24)35-12-17(13-35)14-37-4)32-22-5-7-29-25(33-22)34-8-6-21(36-3)26(27,28)15-34/h5,7,9-11,16-17,21H,6,8,12-15H2,1-4H3,(H,29,30,32,33)/t21-/m1/s1. The highest BCUT2D eigenvalue weighted by Crippen LogP contribution is 2.36. The predicted molar refractivity (Wildman–Crippen MR) is 146 cm³/mol. The Morgan fingerprint density at radius 2 is 1.95 bits per heavy atom. The zero-order valence-electron chi connectivity index (χ0n) is 21.6. The number of aromatic nitrogens is 4. The van der Waals surface area contributed by atoms with Gasteiger partial charge in [-0.1, -0.05) is 13.8 Å². The number of ether oxygens (including phenoxy) is 1.